The fourth-order valence-electron chi connectivity index (χ4n) is 1.57. The number of carbonyl (C=O) groups is 1. The molecule has 0 bridgehead atoms. The van der Waals surface area contributed by atoms with Crippen LogP contribution >= 0.6 is 24.0 Å². The monoisotopic (exact) mass is 276 g/mol. The van der Waals surface area contributed by atoms with E-state index in [9.17, 15) is 4.79 Å². The molecule has 0 spiro atoms. The first-order valence-electron chi connectivity index (χ1n) is 5.42. The van der Waals surface area contributed by atoms with Crippen LogP contribution in [0.25, 0.3) is 6.08 Å². The highest BCUT2D eigenvalue weighted by molar-refractivity contribution is 8.26. The lowest BCUT2D eigenvalue weighted by Gasteiger charge is -2.10. The second-order valence-electron chi connectivity index (χ2n) is 3.78. The van der Waals surface area contributed by atoms with Crippen molar-refractivity contribution in [3.05, 3.63) is 47.1 Å². The zero-order valence-corrected chi connectivity index (χ0v) is 11.6. The Kier molecular flexibility index (Phi) is 3.93. The van der Waals surface area contributed by atoms with Gasteiger partial charge in [-0.1, -0.05) is 36.1 Å². The van der Waals surface area contributed by atoms with E-state index in [4.69, 9.17) is 12.2 Å². The lowest BCUT2D eigenvalue weighted by atomic mass is 10.3. The molecule has 0 N–H and O–H groups in total. The summed E-state index contributed by atoms with van der Waals surface area (Å²) in [6, 6.07) is 5.70. The van der Waals surface area contributed by atoms with E-state index in [0.29, 0.717) is 15.8 Å². The molecular weight excluding hydrogens is 264 g/mol. The molecule has 1 aromatic heterocycles. The Hall–Kier alpha value is -1.46. The van der Waals surface area contributed by atoms with Gasteiger partial charge in [0.15, 0.2) is 0 Å². The van der Waals surface area contributed by atoms with Crippen LogP contribution < -0.4 is 0 Å². The van der Waals surface area contributed by atoms with E-state index in [1.54, 1.807) is 12.2 Å². The van der Waals surface area contributed by atoms with Crippen molar-refractivity contribution in [3.63, 3.8) is 0 Å². The van der Waals surface area contributed by atoms with Crippen LogP contribution in [0.5, 0.6) is 0 Å². The Bertz CT molecular complexity index is 552. The number of aromatic nitrogens is 1. The molecule has 1 aliphatic heterocycles. The highest BCUT2D eigenvalue weighted by Crippen LogP contribution is 2.31. The summed E-state index contributed by atoms with van der Waals surface area (Å²) >= 11 is 6.46. The molecular formula is C13H12N2OS2. The molecule has 0 radical (unpaired) electrons. The van der Waals surface area contributed by atoms with Crippen molar-refractivity contribution in [3.8, 4) is 0 Å². The quantitative estimate of drug-likeness (QED) is 0.483. The van der Waals surface area contributed by atoms with Crippen LogP contribution in [0.2, 0.25) is 0 Å². The molecule has 2 heterocycles. The predicted molar refractivity (Wildman–Crippen MR) is 79.1 cm³/mol. The Balaban J connectivity index is 2.27. The maximum absolute atomic E-state index is 12.1. The number of hydrogen-bond donors (Lipinski definition) is 0. The third-order valence-corrected chi connectivity index (χ3v) is 3.75. The number of rotatable bonds is 3. The fourth-order valence-corrected chi connectivity index (χ4v) is 2.83. The van der Waals surface area contributed by atoms with E-state index in [-0.39, 0.29) is 5.91 Å². The normalized spacial score (nSPS) is 17.6. The van der Waals surface area contributed by atoms with Gasteiger partial charge in [0, 0.05) is 12.2 Å². The van der Waals surface area contributed by atoms with E-state index in [2.05, 4.69) is 11.6 Å². The number of thiocarbonyl (C=S) groups is 1. The van der Waals surface area contributed by atoms with Gasteiger partial charge in [0.2, 0.25) is 0 Å². The van der Waals surface area contributed by atoms with Crippen molar-refractivity contribution >= 4 is 40.3 Å². The van der Waals surface area contributed by atoms with Crippen LogP contribution in [0.15, 0.2) is 35.8 Å². The Morgan fingerprint density at radius 3 is 3.00 bits per heavy atom. The van der Waals surface area contributed by atoms with Crippen LogP contribution in [0, 0.1) is 6.92 Å². The summed E-state index contributed by atoms with van der Waals surface area (Å²) in [4.78, 5) is 18.6. The maximum Gasteiger partial charge on any atom is 0.266 e. The lowest BCUT2D eigenvalue weighted by Crippen LogP contribution is -2.27. The minimum atomic E-state index is -0.0757. The van der Waals surface area contributed by atoms with Gasteiger partial charge in [0.05, 0.1) is 10.6 Å². The van der Waals surface area contributed by atoms with Crippen molar-refractivity contribution < 1.29 is 4.79 Å². The summed E-state index contributed by atoms with van der Waals surface area (Å²) < 4.78 is 0.568. The molecule has 1 amide bonds. The molecule has 3 nitrogen and oxygen atoms in total. The topological polar surface area (TPSA) is 33.2 Å². The first-order valence-corrected chi connectivity index (χ1v) is 6.64. The Morgan fingerprint density at radius 2 is 2.33 bits per heavy atom. The van der Waals surface area contributed by atoms with Crippen molar-refractivity contribution in [1.29, 1.82) is 0 Å². The standard InChI is InChI=1S/C13H12N2OS2/c1-3-7-15-12(16)11(18-13(15)17)8-10-6-4-5-9(2)14-10/h3-6,8H,1,7H2,2H3. The van der Waals surface area contributed by atoms with E-state index < -0.39 is 0 Å². The lowest BCUT2D eigenvalue weighted by molar-refractivity contribution is -0.121. The first kappa shape index (κ1) is 13.0. The largest absolute Gasteiger partial charge is 0.289 e. The molecule has 1 aromatic rings. The van der Waals surface area contributed by atoms with Crippen LogP contribution in [-0.2, 0) is 4.79 Å². The Morgan fingerprint density at radius 1 is 1.56 bits per heavy atom. The SMILES string of the molecule is C=CCN1C(=O)C(=Cc2cccc(C)n2)SC1=S. The third-order valence-electron chi connectivity index (χ3n) is 2.37. The van der Waals surface area contributed by atoms with Crippen LogP contribution in [0.1, 0.15) is 11.4 Å². The van der Waals surface area contributed by atoms with Gasteiger partial charge in [-0.2, -0.15) is 0 Å². The van der Waals surface area contributed by atoms with E-state index >= 15 is 0 Å². The van der Waals surface area contributed by atoms with Crippen molar-refractivity contribution in [2.45, 2.75) is 6.92 Å². The molecule has 0 aliphatic carbocycles. The minimum Gasteiger partial charge on any atom is -0.289 e. The molecule has 5 heteroatoms. The van der Waals surface area contributed by atoms with Crippen LogP contribution in [0.3, 0.4) is 0 Å². The highest BCUT2D eigenvalue weighted by atomic mass is 32.2. The second-order valence-corrected chi connectivity index (χ2v) is 5.46. The molecule has 1 aliphatic rings. The zero-order chi connectivity index (χ0) is 13.1. The van der Waals surface area contributed by atoms with Gasteiger partial charge in [0.25, 0.3) is 5.91 Å². The van der Waals surface area contributed by atoms with E-state index in [1.807, 2.05) is 25.1 Å². The number of thioether (sulfide) groups is 1. The number of aryl methyl sites for hydroxylation is 1. The van der Waals surface area contributed by atoms with Gasteiger partial charge in [-0.25, -0.2) is 0 Å². The summed E-state index contributed by atoms with van der Waals surface area (Å²) in [5, 5.41) is 0. The molecule has 0 saturated carbocycles. The summed E-state index contributed by atoms with van der Waals surface area (Å²) in [6.07, 6.45) is 3.44. The van der Waals surface area contributed by atoms with Gasteiger partial charge in [0.1, 0.15) is 4.32 Å². The number of pyridine rings is 1. The van der Waals surface area contributed by atoms with Crippen molar-refractivity contribution in [1.82, 2.24) is 9.88 Å². The summed E-state index contributed by atoms with van der Waals surface area (Å²) in [7, 11) is 0. The smallest absolute Gasteiger partial charge is 0.266 e. The van der Waals surface area contributed by atoms with Gasteiger partial charge in [-0.05, 0) is 25.1 Å². The van der Waals surface area contributed by atoms with Crippen molar-refractivity contribution in [2.24, 2.45) is 0 Å². The van der Waals surface area contributed by atoms with Gasteiger partial charge >= 0.3 is 0 Å². The highest BCUT2D eigenvalue weighted by Gasteiger charge is 2.30. The minimum absolute atomic E-state index is 0.0757. The van der Waals surface area contributed by atoms with Gasteiger partial charge < -0.3 is 0 Å². The first-order chi connectivity index (χ1) is 8.61. The summed E-state index contributed by atoms with van der Waals surface area (Å²) in [5.41, 5.74) is 1.69. The number of carbonyl (C=O) groups excluding carboxylic acids is 1. The predicted octanol–water partition coefficient (Wildman–Crippen LogP) is 2.78. The van der Waals surface area contributed by atoms with E-state index in [0.717, 1.165) is 11.4 Å². The molecule has 1 saturated heterocycles. The van der Waals surface area contributed by atoms with Crippen LogP contribution in [0.4, 0.5) is 0 Å². The average molecular weight is 276 g/mol. The van der Waals surface area contributed by atoms with Gasteiger partial charge in [-0.15, -0.1) is 6.58 Å². The number of nitrogens with zero attached hydrogens (tertiary/aromatic N) is 2. The maximum atomic E-state index is 12.1. The molecule has 2 rings (SSSR count). The molecule has 92 valence electrons. The third kappa shape index (κ3) is 2.68. The zero-order valence-electron chi connectivity index (χ0n) is 9.92. The fraction of sp³-hybridized carbons (Fsp3) is 0.154. The number of hydrogen-bond acceptors (Lipinski definition) is 4. The van der Waals surface area contributed by atoms with Crippen molar-refractivity contribution in [2.75, 3.05) is 6.54 Å². The molecule has 0 atom stereocenters. The molecule has 0 aromatic carbocycles. The van der Waals surface area contributed by atoms with Gasteiger partial charge in [-0.3, -0.25) is 14.7 Å². The number of amides is 1. The summed E-state index contributed by atoms with van der Waals surface area (Å²) in [5.74, 6) is -0.0757. The second kappa shape index (κ2) is 5.46. The van der Waals surface area contributed by atoms with Crippen LogP contribution in [-0.4, -0.2) is 26.7 Å². The summed E-state index contributed by atoms with van der Waals surface area (Å²) in [6.45, 7) is 5.98. The molecule has 18 heavy (non-hydrogen) atoms. The average Bonchev–Trinajstić information content (AvgIpc) is 2.57. The Labute approximate surface area is 116 Å². The molecule has 0 unspecified atom stereocenters. The molecule has 1 fully saturated rings. The van der Waals surface area contributed by atoms with E-state index in [1.165, 1.54) is 16.7 Å².